The molecule has 110 valence electrons. The van der Waals surface area contributed by atoms with Crippen LogP contribution in [0.15, 0.2) is 30.3 Å². The van der Waals surface area contributed by atoms with E-state index in [0.717, 1.165) is 12.1 Å². The van der Waals surface area contributed by atoms with Crippen LogP contribution >= 0.6 is 0 Å². The summed E-state index contributed by atoms with van der Waals surface area (Å²) in [5.41, 5.74) is -0.120. The van der Waals surface area contributed by atoms with Crippen molar-refractivity contribution in [3.05, 3.63) is 41.5 Å². The molecule has 0 fully saturated rings. The lowest BCUT2D eigenvalue weighted by Crippen LogP contribution is -2.12. The average Bonchev–Trinajstić information content (AvgIpc) is 2.33. The zero-order valence-corrected chi connectivity index (χ0v) is 11.1. The quantitative estimate of drug-likeness (QED) is 0.776. The monoisotopic (exact) mass is 288 g/mol. The average molecular weight is 288 g/mol. The van der Waals surface area contributed by atoms with Gasteiger partial charge in [-0.25, -0.2) is 4.79 Å². The maximum Gasteiger partial charge on any atom is 0.508 e. The highest BCUT2D eigenvalue weighted by atomic mass is 19.4. The fourth-order valence-electron chi connectivity index (χ4n) is 1.31. The van der Waals surface area contributed by atoms with Crippen LogP contribution in [-0.2, 0) is 15.7 Å². The van der Waals surface area contributed by atoms with E-state index in [9.17, 15) is 18.0 Å². The van der Waals surface area contributed by atoms with Crippen LogP contribution in [0, 0.1) is 0 Å². The molecule has 0 amide bonds. The lowest BCUT2D eigenvalue weighted by molar-refractivity contribution is -0.137. The van der Waals surface area contributed by atoms with E-state index < -0.39 is 17.9 Å². The van der Waals surface area contributed by atoms with Crippen LogP contribution in [0.25, 0.3) is 6.08 Å². The molecule has 0 N–H and O–H groups in total. The largest absolute Gasteiger partial charge is 0.508 e. The van der Waals surface area contributed by atoms with Crippen molar-refractivity contribution < 1.29 is 27.4 Å². The number of carbonyl (C=O) groups excluding carboxylic acids is 1. The maximum atomic E-state index is 12.3. The Hall–Kier alpha value is -1.98. The Morgan fingerprint density at radius 3 is 2.35 bits per heavy atom. The molecule has 0 aromatic heterocycles. The van der Waals surface area contributed by atoms with Gasteiger partial charge in [0.15, 0.2) is 0 Å². The van der Waals surface area contributed by atoms with Crippen molar-refractivity contribution in [2.24, 2.45) is 0 Å². The molecule has 0 spiro atoms. The number of benzene rings is 1. The summed E-state index contributed by atoms with van der Waals surface area (Å²) in [6, 6.07) is 4.67. The summed E-state index contributed by atoms with van der Waals surface area (Å²) in [6.07, 6.45) is -2.31. The second-order valence-electron chi connectivity index (χ2n) is 4.25. The summed E-state index contributed by atoms with van der Waals surface area (Å²) >= 11 is 0. The van der Waals surface area contributed by atoms with E-state index in [-0.39, 0.29) is 12.7 Å². The third-order valence-corrected chi connectivity index (χ3v) is 2.18. The van der Waals surface area contributed by atoms with E-state index in [2.05, 4.69) is 0 Å². The SMILES string of the molecule is CC(C)OC(=O)OC/C=C/c1ccc(C(F)(F)F)cc1. The summed E-state index contributed by atoms with van der Waals surface area (Å²) in [6.45, 7) is 3.38. The summed E-state index contributed by atoms with van der Waals surface area (Å²) in [4.78, 5) is 11.0. The number of ether oxygens (including phenoxy) is 2. The minimum atomic E-state index is -4.34. The Bertz CT molecular complexity index is 462. The fraction of sp³-hybridized carbons (Fsp3) is 0.357. The molecule has 6 heteroatoms. The van der Waals surface area contributed by atoms with Crippen LogP contribution in [0.3, 0.4) is 0 Å². The highest BCUT2D eigenvalue weighted by Crippen LogP contribution is 2.29. The van der Waals surface area contributed by atoms with Gasteiger partial charge in [-0.2, -0.15) is 13.2 Å². The van der Waals surface area contributed by atoms with Crippen molar-refractivity contribution in [2.75, 3.05) is 6.61 Å². The molecule has 20 heavy (non-hydrogen) atoms. The molecule has 3 nitrogen and oxygen atoms in total. The maximum absolute atomic E-state index is 12.3. The Balaban J connectivity index is 2.45. The molecular formula is C14H15F3O3. The van der Waals surface area contributed by atoms with Gasteiger partial charge >= 0.3 is 12.3 Å². The van der Waals surface area contributed by atoms with E-state index in [1.165, 1.54) is 18.2 Å². The molecule has 0 unspecified atom stereocenters. The van der Waals surface area contributed by atoms with Gasteiger partial charge in [-0.3, -0.25) is 0 Å². The number of hydrogen-bond acceptors (Lipinski definition) is 3. The first-order valence-corrected chi connectivity index (χ1v) is 5.96. The van der Waals surface area contributed by atoms with Gasteiger partial charge in [-0.1, -0.05) is 18.2 Å². The number of halogens is 3. The predicted octanol–water partition coefficient (Wildman–Crippen LogP) is 4.28. The second-order valence-corrected chi connectivity index (χ2v) is 4.25. The Labute approximate surface area is 115 Å². The third-order valence-electron chi connectivity index (χ3n) is 2.18. The fourth-order valence-corrected chi connectivity index (χ4v) is 1.31. The minimum Gasteiger partial charge on any atom is -0.432 e. The van der Waals surface area contributed by atoms with Crippen molar-refractivity contribution in [3.8, 4) is 0 Å². The summed E-state index contributed by atoms with van der Waals surface area (Å²) in [7, 11) is 0. The van der Waals surface area contributed by atoms with Crippen LogP contribution < -0.4 is 0 Å². The van der Waals surface area contributed by atoms with E-state index >= 15 is 0 Å². The van der Waals surface area contributed by atoms with E-state index in [1.54, 1.807) is 19.9 Å². The van der Waals surface area contributed by atoms with Crippen LogP contribution in [-0.4, -0.2) is 18.9 Å². The zero-order chi connectivity index (χ0) is 15.2. The van der Waals surface area contributed by atoms with Crippen LogP contribution in [0.5, 0.6) is 0 Å². The summed E-state index contributed by atoms with van der Waals surface area (Å²) in [5, 5.41) is 0. The predicted molar refractivity (Wildman–Crippen MR) is 68.0 cm³/mol. The molecule has 1 rings (SSSR count). The van der Waals surface area contributed by atoms with Crippen molar-refractivity contribution >= 4 is 12.2 Å². The molecule has 0 aliphatic heterocycles. The van der Waals surface area contributed by atoms with Crippen molar-refractivity contribution in [1.29, 1.82) is 0 Å². The standard InChI is InChI=1S/C14H15F3O3/c1-10(2)20-13(18)19-9-3-4-11-5-7-12(8-6-11)14(15,16)17/h3-8,10H,9H2,1-2H3/b4-3+. The molecule has 0 aliphatic carbocycles. The van der Waals surface area contributed by atoms with Gasteiger partial charge < -0.3 is 9.47 Å². The van der Waals surface area contributed by atoms with E-state index in [0.29, 0.717) is 5.56 Å². The first-order valence-electron chi connectivity index (χ1n) is 5.96. The Morgan fingerprint density at radius 1 is 1.25 bits per heavy atom. The lowest BCUT2D eigenvalue weighted by atomic mass is 10.1. The molecule has 0 atom stereocenters. The molecular weight excluding hydrogens is 273 g/mol. The minimum absolute atomic E-state index is 0.00737. The number of alkyl halides is 3. The molecule has 1 aromatic rings. The van der Waals surface area contributed by atoms with Gasteiger partial charge in [-0.15, -0.1) is 0 Å². The Kier molecular flexibility index (Phi) is 5.61. The van der Waals surface area contributed by atoms with Gasteiger partial charge in [0, 0.05) is 0 Å². The third kappa shape index (κ3) is 5.77. The van der Waals surface area contributed by atoms with E-state index in [4.69, 9.17) is 9.47 Å². The number of hydrogen-bond donors (Lipinski definition) is 0. The molecule has 0 heterocycles. The van der Waals surface area contributed by atoms with Gasteiger partial charge in [0.25, 0.3) is 0 Å². The lowest BCUT2D eigenvalue weighted by Gasteiger charge is -2.07. The molecule has 0 aliphatic rings. The summed E-state index contributed by atoms with van der Waals surface area (Å²) in [5.74, 6) is 0. The molecule has 0 saturated carbocycles. The summed E-state index contributed by atoms with van der Waals surface area (Å²) < 4.78 is 46.4. The van der Waals surface area contributed by atoms with Crippen molar-refractivity contribution in [3.63, 3.8) is 0 Å². The normalized spacial score (nSPS) is 11.9. The highest BCUT2D eigenvalue weighted by molar-refractivity contribution is 5.60. The van der Waals surface area contributed by atoms with Gasteiger partial charge in [0.2, 0.25) is 0 Å². The van der Waals surface area contributed by atoms with Gasteiger partial charge in [0.05, 0.1) is 11.7 Å². The van der Waals surface area contributed by atoms with Crippen LogP contribution in [0.2, 0.25) is 0 Å². The molecule has 1 aromatic carbocycles. The molecule has 0 bridgehead atoms. The van der Waals surface area contributed by atoms with Crippen LogP contribution in [0.4, 0.5) is 18.0 Å². The van der Waals surface area contributed by atoms with Gasteiger partial charge in [-0.05, 0) is 37.6 Å². The second kappa shape index (κ2) is 6.98. The first kappa shape index (κ1) is 16.1. The van der Waals surface area contributed by atoms with Gasteiger partial charge in [0.1, 0.15) is 6.61 Å². The zero-order valence-electron chi connectivity index (χ0n) is 11.1. The van der Waals surface area contributed by atoms with Crippen LogP contribution in [0.1, 0.15) is 25.0 Å². The van der Waals surface area contributed by atoms with Crippen molar-refractivity contribution in [1.82, 2.24) is 0 Å². The van der Waals surface area contributed by atoms with Crippen molar-refractivity contribution in [2.45, 2.75) is 26.1 Å². The number of carbonyl (C=O) groups is 1. The smallest absolute Gasteiger partial charge is 0.432 e. The number of rotatable bonds is 4. The molecule has 0 saturated heterocycles. The highest BCUT2D eigenvalue weighted by Gasteiger charge is 2.29. The topological polar surface area (TPSA) is 35.5 Å². The van der Waals surface area contributed by atoms with E-state index in [1.807, 2.05) is 0 Å². The first-order chi connectivity index (χ1) is 9.29. The Morgan fingerprint density at radius 2 is 1.85 bits per heavy atom. The molecule has 0 radical (unpaired) electrons.